The zero-order valence-corrected chi connectivity index (χ0v) is 8.91. The van der Waals surface area contributed by atoms with E-state index in [1.165, 1.54) is 0 Å². The average Bonchev–Trinajstić information content (AvgIpc) is 2.66. The van der Waals surface area contributed by atoms with Crippen LogP contribution < -0.4 is 0 Å². The highest BCUT2D eigenvalue weighted by Gasteiger charge is 2.09. The summed E-state index contributed by atoms with van der Waals surface area (Å²) in [4.78, 5) is 14.7. The smallest absolute Gasteiger partial charge is 0.365 e. The Morgan fingerprint density at radius 2 is 2.27 bits per heavy atom. The van der Waals surface area contributed by atoms with Crippen LogP contribution in [-0.4, -0.2) is 16.1 Å². The molecule has 0 saturated heterocycles. The van der Waals surface area contributed by atoms with Gasteiger partial charge in [-0.2, -0.15) is 0 Å². The first-order valence-electron chi connectivity index (χ1n) is 4.42. The van der Waals surface area contributed by atoms with Crippen molar-refractivity contribution < 1.29 is 9.90 Å². The Bertz CT molecular complexity index is 505. The highest BCUT2D eigenvalue weighted by atomic mass is 32.1. The van der Waals surface area contributed by atoms with Gasteiger partial charge in [0.1, 0.15) is 0 Å². The first-order valence-corrected chi connectivity index (χ1v) is 5.30. The molecule has 0 fully saturated rings. The Morgan fingerprint density at radius 1 is 1.47 bits per heavy atom. The highest BCUT2D eigenvalue weighted by molar-refractivity contribution is 7.11. The van der Waals surface area contributed by atoms with Crippen LogP contribution in [-0.2, 0) is 0 Å². The van der Waals surface area contributed by atoms with Crippen molar-refractivity contribution in [2.45, 2.75) is 6.92 Å². The van der Waals surface area contributed by atoms with Gasteiger partial charge in [-0.25, -0.2) is 9.78 Å². The number of aryl methyl sites for hydroxylation is 1. The third kappa shape index (κ3) is 2.05. The molecule has 15 heavy (non-hydrogen) atoms. The Morgan fingerprint density at radius 3 is 2.87 bits per heavy atom. The molecule has 1 aromatic carbocycles. The number of rotatable bonds is 2. The number of carboxylic acids is 1. The van der Waals surface area contributed by atoms with E-state index in [1.54, 1.807) is 5.38 Å². The monoisotopic (exact) mass is 219 g/mol. The first kappa shape index (κ1) is 9.86. The Labute approximate surface area is 91.0 Å². The number of thiazole rings is 1. The number of aromatic carboxylic acids is 1. The van der Waals surface area contributed by atoms with E-state index in [0.717, 1.165) is 28.2 Å². The number of benzene rings is 1. The van der Waals surface area contributed by atoms with Crippen molar-refractivity contribution >= 4 is 17.3 Å². The van der Waals surface area contributed by atoms with Gasteiger partial charge in [0.05, 0.1) is 5.69 Å². The number of carboxylic acid groups (broad SMARTS) is 1. The van der Waals surface area contributed by atoms with Gasteiger partial charge in [0.2, 0.25) is 5.01 Å². The van der Waals surface area contributed by atoms with Gasteiger partial charge in [0.25, 0.3) is 0 Å². The lowest BCUT2D eigenvalue weighted by atomic mass is 10.1. The molecular weight excluding hydrogens is 210 g/mol. The van der Waals surface area contributed by atoms with Gasteiger partial charge in [-0.1, -0.05) is 23.8 Å². The van der Waals surface area contributed by atoms with Crippen molar-refractivity contribution in [2.75, 3.05) is 0 Å². The second kappa shape index (κ2) is 3.82. The van der Waals surface area contributed by atoms with E-state index in [0.29, 0.717) is 0 Å². The van der Waals surface area contributed by atoms with Crippen molar-refractivity contribution in [3.05, 3.63) is 40.2 Å². The summed E-state index contributed by atoms with van der Waals surface area (Å²) in [5.74, 6) is -0.973. The summed E-state index contributed by atoms with van der Waals surface area (Å²) in [5.41, 5.74) is 2.82. The maximum atomic E-state index is 10.7. The zero-order chi connectivity index (χ0) is 10.8. The summed E-state index contributed by atoms with van der Waals surface area (Å²) in [5, 5.41) is 10.6. The molecular formula is C11H9NO2S. The predicted octanol–water partition coefficient (Wildman–Crippen LogP) is 2.82. The molecule has 0 aliphatic heterocycles. The summed E-state index contributed by atoms with van der Waals surface area (Å²) >= 11 is 1.15. The number of nitrogens with zero attached hydrogens (tertiary/aromatic N) is 1. The van der Waals surface area contributed by atoms with Crippen LogP contribution in [0, 0.1) is 6.92 Å². The van der Waals surface area contributed by atoms with E-state index >= 15 is 0 Å². The minimum absolute atomic E-state index is 0.131. The molecule has 1 heterocycles. The molecule has 1 aromatic heterocycles. The van der Waals surface area contributed by atoms with Crippen LogP contribution >= 0.6 is 11.3 Å². The fourth-order valence-corrected chi connectivity index (χ4v) is 1.97. The molecule has 4 heteroatoms. The van der Waals surface area contributed by atoms with Crippen molar-refractivity contribution in [3.63, 3.8) is 0 Å². The van der Waals surface area contributed by atoms with Crippen molar-refractivity contribution in [2.24, 2.45) is 0 Å². The molecule has 0 spiro atoms. The van der Waals surface area contributed by atoms with Crippen molar-refractivity contribution in [1.82, 2.24) is 4.98 Å². The third-order valence-electron chi connectivity index (χ3n) is 2.00. The summed E-state index contributed by atoms with van der Waals surface area (Å²) in [6, 6.07) is 7.84. The fourth-order valence-electron chi connectivity index (χ4n) is 1.31. The van der Waals surface area contributed by atoms with E-state index in [4.69, 9.17) is 5.11 Å². The molecule has 3 nitrogen and oxygen atoms in total. The lowest BCUT2D eigenvalue weighted by Crippen LogP contribution is -1.94. The van der Waals surface area contributed by atoms with E-state index in [2.05, 4.69) is 4.98 Å². The predicted molar refractivity (Wildman–Crippen MR) is 59.2 cm³/mol. The Hall–Kier alpha value is -1.68. The van der Waals surface area contributed by atoms with Crippen LogP contribution in [0.5, 0.6) is 0 Å². The molecule has 0 aliphatic rings. The SMILES string of the molecule is Cc1cccc(-c2csc(C(=O)O)n2)c1. The number of hydrogen-bond acceptors (Lipinski definition) is 3. The van der Waals surface area contributed by atoms with E-state index < -0.39 is 5.97 Å². The molecule has 2 aromatic rings. The van der Waals surface area contributed by atoms with Gasteiger partial charge < -0.3 is 5.11 Å². The number of hydrogen-bond donors (Lipinski definition) is 1. The maximum Gasteiger partial charge on any atom is 0.365 e. The van der Waals surface area contributed by atoms with E-state index in [9.17, 15) is 4.79 Å². The molecule has 0 aliphatic carbocycles. The van der Waals surface area contributed by atoms with Gasteiger partial charge in [-0.15, -0.1) is 11.3 Å². The van der Waals surface area contributed by atoms with Crippen molar-refractivity contribution in [3.8, 4) is 11.3 Å². The Balaban J connectivity index is 2.41. The molecule has 0 unspecified atom stereocenters. The second-order valence-electron chi connectivity index (χ2n) is 3.21. The molecule has 0 amide bonds. The van der Waals surface area contributed by atoms with Crippen LogP contribution in [0.2, 0.25) is 0 Å². The molecule has 1 N–H and O–H groups in total. The highest BCUT2D eigenvalue weighted by Crippen LogP contribution is 2.22. The van der Waals surface area contributed by atoms with E-state index in [-0.39, 0.29) is 5.01 Å². The zero-order valence-electron chi connectivity index (χ0n) is 8.10. The number of aromatic nitrogens is 1. The normalized spacial score (nSPS) is 10.2. The minimum Gasteiger partial charge on any atom is -0.476 e. The van der Waals surface area contributed by atoms with Crippen LogP contribution in [0.25, 0.3) is 11.3 Å². The summed E-state index contributed by atoms with van der Waals surface area (Å²) in [6.45, 7) is 1.99. The third-order valence-corrected chi connectivity index (χ3v) is 2.83. The lowest BCUT2D eigenvalue weighted by Gasteiger charge is -1.97. The van der Waals surface area contributed by atoms with Gasteiger partial charge >= 0.3 is 5.97 Å². The largest absolute Gasteiger partial charge is 0.476 e. The van der Waals surface area contributed by atoms with Gasteiger partial charge in [-0.05, 0) is 13.0 Å². The van der Waals surface area contributed by atoms with Crippen LogP contribution in [0.15, 0.2) is 29.6 Å². The first-order chi connectivity index (χ1) is 7.16. The molecule has 0 atom stereocenters. The molecule has 0 bridgehead atoms. The fraction of sp³-hybridized carbons (Fsp3) is 0.0909. The molecule has 0 saturated carbocycles. The quantitative estimate of drug-likeness (QED) is 0.844. The summed E-state index contributed by atoms with van der Waals surface area (Å²) in [7, 11) is 0. The van der Waals surface area contributed by atoms with Crippen LogP contribution in [0.3, 0.4) is 0 Å². The number of carbonyl (C=O) groups is 1. The summed E-state index contributed by atoms with van der Waals surface area (Å²) in [6.07, 6.45) is 0. The Kier molecular flexibility index (Phi) is 2.51. The van der Waals surface area contributed by atoms with E-state index in [1.807, 2.05) is 31.2 Å². The van der Waals surface area contributed by atoms with Crippen molar-refractivity contribution in [1.29, 1.82) is 0 Å². The minimum atomic E-state index is -0.973. The van der Waals surface area contributed by atoms with Gasteiger partial charge in [0.15, 0.2) is 0 Å². The van der Waals surface area contributed by atoms with Gasteiger partial charge in [-0.3, -0.25) is 0 Å². The summed E-state index contributed by atoms with van der Waals surface area (Å²) < 4.78 is 0. The lowest BCUT2D eigenvalue weighted by molar-refractivity contribution is 0.0696. The second-order valence-corrected chi connectivity index (χ2v) is 4.07. The van der Waals surface area contributed by atoms with Gasteiger partial charge in [0, 0.05) is 10.9 Å². The molecule has 0 radical (unpaired) electrons. The molecule has 2 rings (SSSR count). The van der Waals surface area contributed by atoms with Crippen LogP contribution in [0.1, 0.15) is 15.4 Å². The van der Waals surface area contributed by atoms with Crippen LogP contribution in [0.4, 0.5) is 0 Å². The standard InChI is InChI=1S/C11H9NO2S/c1-7-3-2-4-8(5-7)9-6-15-10(12-9)11(13)14/h2-6H,1H3,(H,13,14). The topological polar surface area (TPSA) is 50.2 Å². The average molecular weight is 219 g/mol. The molecule has 76 valence electrons. The maximum absolute atomic E-state index is 10.7.